The SMILES string of the molecule is [2H]C([2H])([2H])c1nc2c3cc(C4CCN(C(C)C)CC4)c(=O)n(c3n1)CCCC/C=C\CN1CCC(CC1)C(F)(F)c1cccc(c1)[C@@H](C)N2. The Kier molecular flexibility index (Phi) is 8.76. The highest BCUT2D eigenvalue weighted by atomic mass is 19.3. The molecule has 9 heteroatoms. The summed E-state index contributed by atoms with van der Waals surface area (Å²) in [6, 6.07) is 8.33. The number of likely N-dealkylation sites (tertiary alicyclic amines) is 1. The first-order valence-corrected chi connectivity index (χ1v) is 17.1. The molecule has 4 aliphatic rings. The summed E-state index contributed by atoms with van der Waals surface area (Å²) in [7, 11) is 0. The number of allylic oxidation sites excluding steroid dienone is 1. The highest BCUT2D eigenvalue weighted by Gasteiger charge is 2.42. The summed E-state index contributed by atoms with van der Waals surface area (Å²) in [5, 5.41) is 3.94. The average Bonchev–Trinajstić information content (AvgIpc) is 3.08. The van der Waals surface area contributed by atoms with Crippen LogP contribution in [0.15, 0.2) is 47.3 Å². The van der Waals surface area contributed by atoms with Gasteiger partial charge in [-0.05, 0) is 122 Å². The number of fused-ring (bicyclic) bond motifs is 8. The van der Waals surface area contributed by atoms with Gasteiger partial charge >= 0.3 is 0 Å². The van der Waals surface area contributed by atoms with Crippen molar-refractivity contribution in [3.05, 3.63) is 75.4 Å². The van der Waals surface area contributed by atoms with Crippen molar-refractivity contribution in [3.63, 3.8) is 0 Å². The minimum Gasteiger partial charge on any atom is -0.363 e. The smallest absolute Gasteiger partial charge is 0.276 e. The zero-order chi connectivity index (χ0) is 34.9. The normalized spacial score (nSPS) is 27.0. The second kappa shape index (κ2) is 13.9. The monoisotopic (exact) mass is 635 g/mol. The molecule has 4 aliphatic heterocycles. The molecule has 0 radical (unpaired) electrons. The Morgan fingerprint density at radius 1 is 1.00 bits per heavy atom. The molecule has 1 N–H and O–H groups in total. The summed E-state index contributed by atoms with van der Waals surface area (Å²) in [6.07, 6.45) is 9.17. The lowest BCUT2D eigenvalue weighted by atomic mass is 9.85. The molecule has 7 rings (SSSR count). The third kappa shape index (κ3) is 6.91. The minimum absolute atomic E-state index is 0.0116. The molecule has 0 amide bonds. The molecule has 7 nitrogen and oxygen atoms in total. The lowest BCUT2D eigenvalue weighted by Gasteiger charge is -2.35. The van der Waals surface area contributed by atoms with Crippen molar-refractivity contribution in [2.45, 2.75) is 103 Å². The molecule has 2 aromatic heterocycles. The van der Waals surface area contributed by atoms with E-state index in [1.54, 1.807) is 22.8 Å². The summed E-state index contributed by atoms with van der Waals surface area (Å²) in [5.41, 5.74) is 1.48. The number of piperidine rings is 2. The van der Waals surface area contributed by atoms with Crippen LogP contribution in [0.5, 0.6) is 0 Å². The first-order chi connectivity index (χ1) is 23.3. The Morgan fingerprint density at radius 2 is 1.78 bits per heavy atom. The third-order valence-corrected chi connectivity index (χ3v) is 10.4. The van der Waals surface area contributed by atoms with Gasteiger partial charge in [0.1, 0.15) is 17.3 Å². The fraction of sp³-hybridized carbons (Fsp3) is 0.595. The van der Waals surface area contributed by atoms with Crippen molar-refractivity contribution in [1.82, 2.24) is 24.3 Å². The molecule has 248 valence electrons. The number of pyridine rings is 1. The number of hydrogen-bond acceptors (Lipinski definition) is 6. The van der Waals surface area contributed by atoms with E-state index in [4.69, 9.17) is 4.11 Å². The fourth-order valence-corrected chi connectivity index (χ4v) is 7.49. The third-order valence-electron chi connectivity index (χ3n) is 10.4. The van der Waals surface area contributed by atoms with Crippen molar-refractivity contribution in [3.8, 4) is 0 Å². The van der Waals surface area contributed by atoms with Gasteiger partial charge in [0.25, 0.3) is 11.5 Å². The van der Waals surface area contributed by atoms with Crippen LogP contribution >= 0.6 is 0 Å². The van der Waals surface area contributed by atoms with Crippen LogP contribution in [0.3, 0.4) is 0 Å². The van der Waals surface area contributed by atoms with Crippen molar-refractivity contribution >= 4 is 16.9 Å². The van der Waals surface area contributed by atoms with Gasteiger partial charge in [0.2, 0.25) is 0 Å². The van der Waals surface area contributed by atoms with Crippen LogP contribution in [-0.2, 0) is 12.5 Å². The molecule has 2 saturated heterocycles. The van der Waals surface area contributed by atoms with E-state index in [0.717, 1.165) is 45.3 Å². The van der Waals surface area contributed by atoms with E-state index < -0.39 is 24.7 Å². The maximum absolute atomic E-state index is 16.0. The molecular weight excluding hydrogens is 582 g/mol. The Balaban J connectivity index is 1.46. The zero-order valence-corrected chi connectivity index (χ0v) is 27.4. The quantitative estimate of drug-likeness (QED) is 0.296. The Morgan fingerprint density at radius 3 is 2.52 bits per heavy atom. The number of nitrogens with zero attached hydrogens (tertiary/aromatic N) is 5. The first-order valence-electron chi connectivity index (χ1n) is 18.6. The molecular formula is C37H50F2N6O. The van der Waals surface area contributed by atoms with Gasteiger partial charge in [0.05, 0.1) is 5.39 Å². The fourth-order valence-electron chi connectivity index (χ4n) is 7.49. The molecule has 6 heterocycles. The molecule has 8 bridgehead atoms. The number of rotatable bonds is 2. The Labute approximate surface area is 276 Å². The highest BCUT2D eigenvalue weighted by molar-refractivity contribution is 5.87. The van der Waals surface area contributed by atoms with E-state index in [-0.39, 0.29) is 34.3 Å². The number of benzene rings is 1. The molecule has 3 aromatic rings. The van der Waals surface area contributed by atoms with E-state index in [1.807, 2.05) is 13.0 Å². The van der Waals surface area contributed by atoms with Crippen LogP contribution in [-0.4, -0.2) is 63.1 Å². The van der Waals surface area contributed by atoms with Gasteiger partial charge in [0.15, 0.2) is 0 Å². The van der Waals surface area contributed by atoms with Gasteiger partial charge in [-0.15, -0.1) is 0 Å². The lowest BCUT2D eigenvalue weighted by Crippen LogP contribution is -2.39. The van der Waals surface area contributed by atoms with Crippen LogP contribution in [0.2, 0.25) is 0 Å². The van der Waals surface area contributed by atoms with Crippen LogP contribution < -0.4 is 10.9 Å². The van der Waals surface area contributed by atoms with Gasteiger partial charge < -0.3 is 10.2 Å². The van der Waals surface area contributed by atoms with E-state index in [2.05, 4.69) is 51.1 Å². The lowest BCUT2D eigenvalue weighted by molar-refractivity contribution is -0.0847. The molecule has 1 aromatic carbocycles. The second-order valence-corrected chi connectivity index (χ2v) is 13.8. The van der Waals surface area contributed by atoms with Gasteiger partial charge in [-0.1, -0.05) is 30.4 Å². The van der Waals surface area contributed by atoms with Crippen LogP contribution in [0, 0.1) is 12.8 Å². The highest BCUT2D eigenvalue weighted by Crippen LogP contribution is 2.42. The van der Waals surface area contributed by atoms with E-state index >= 15 is 8.78 Å². The van der Waals surface area contributed by atoms with Crippen molar-refractivity contribution < 1.29 is 12.9 Å². The predicted octanol–water partition coefficient (Wildman–Crippen LogP) is 7.40. The summed E-state index contributed by atoms with van der Waals surface area (Å²) < 4.78 is 58.2. The number of aromatic nitrogens is 3. The maximum Gasteiger partial charge on any atom is 0.276 e. The maximum atomic E-state index is 16.0. The molecule has 0 unspecified atom stereocenters. The Hall–Kier alpha value is -3.17. The van der Waals surface area contributed by atoms with Gasteiger partial charge in [-0.2, -0.15) is 0 Å². The number of nitrogens with one attached hydrogen (secondary N) is 1. The predicted molar refractivity (Wildman–Crippen MR) is 182 cm³/mol. The first kappa shape index (κ1) is 29.0. The number of anilines is 1. The van der Waals surface area contributed by atoms with E-state index in [0.29, 0.717) is 61.5 Å². The van der Waals surface area contributed by atoms with Crippen molar-refractivity contribution in [2.75, 3.05) is 38.0 Å². The molecule has 0 aliphatic carbocycles. The summed E-state index contributed by atoms with van der Waals surface area (Å²) in [4.78, 5) is 28.0. The van der Waals surface area contributed by atoms with E-state index in [9.17, 15) is 4.79 Å². The number of hydrogen-bond donors (Lipinski definition) is 1. The largest absolute Gasteiger partial charge is 0.363 e. The zero-order valence-electron chi connectivity index (χ0n) is 30.4. The van der Waals surface area contributed by atoms with Gasteiger partial charge in [-0.3, -0.25) is 14.3 Å². The molecule has 2 fully saturated rings. The summed E-state index contributed by atoms with van der Waals surface area (Å²) in [5.74, 6) is -3.74. The number of aryl methyl sites for hydroxylation is 2. The molecule has 1 atom stereocenters. The van der Waals surface area contributed by atoms with Crippen LogP contribution in [0.1, 0.15) is 104 Å². The van der Waals surface area contributed by atoms with Crippen LogP contribution in [0.4, 0.5) is 14.6 Å². The summed E-state index contributed by atoms with van der Waals surface area (Å²) in [6.45, 7) is 7.79. The molecule has 0 saturated carbocycles. The minimum atomic E-state index is -2.98. The average molecular weight is 636 g/mol. The summed E-state index contributed by atoms with van der Waals surface area (Å²) >= 11 is 0. The topological polar surface area (TPSA) is 66.3 Å². The van der Waals surface area contributed by atoms with Crippen molar-refractivity contribution in [2.24, 2.45) is 5.92 Å². The second-order valence-electron chi connectivity index (χ2n) is 13.8. The van der Waals surface area contributed by atoms with Crippen molar-refractivity contribution in [1.29, 1.82) is 0 Å². The van der Waals surface area contributed by atoms with Gasteiger partial charge in [-0.25, -0.2) is 18.7 Å². The standard InChI is InChI=1S/C37H50F2N6O/c1-25(2)44-21-13-28(14-22-44)32-24-33-34-40-26(3)29-11-10-12-31(23-29)37(38,39)30-15-19-43(20-16-30)17-8-6-5-7-9-18-45(36(32)46)35(33)42-27(4)41-34/h6,8,10-12,23-26,28,30H,5,7,9,13-22H2,1-4H3,(H,40,41,42)/b8-6-/t26-/m1/s1/i4D3. The Bertz CT molecular complexity index is 1710. The number of alkyl halides is 2. The van der Waals surface area contributed by atoms with Gasteiger partial charge in [0, 0.05) is 46.3 Å². The van der Waals surface area contributed by atoms with Crippen LogP contribution in [0.25, 0.3) is 11.0 Å². The molecule has 0 spiro atoms. The number of halogens is 2. The van der Waals surface area contributed by atoms with E-state index in [1.165, 1.54) is 6.07 Å². The molecule has 46 heavy (non-hydrogen) atoms.